The highest BCUT2D eigenvalue weighted by molar-refractivity contribution is 6.30. The average molecular weight is 519 g/mol. The van der Waals surface area contributed by atoms with Crippen LogP contribution in [0.4, 0.5) is 0 Å². The Morgan fingerprint density at radius 1 is 0.919 bits per heavy atom. The van der Waals surface area contributed by atoms with Crippen LogP contribution in [-0.2, 0) is 12.8 Å². The van der Waals surface area contributed by atoms with Gasteiger partial charge in [-0.3, -0.25) is 4.98 Å². The van der Waals surface area contributed by atoms with Crippen molar-refractivity contribution in [1.29, 1.82) is 0 Å². The van der Waals surface area contributed by atoms with Gasteiger partial charge >= 0.3 is 0 Å². The number of hydrogen-bond donors (Lipinski definition) is 0. The van der Waals surface area contributed by atoms with Gasteiger partial charge in [0.1, 0.15) is 0 Å². The van der Waals surface area contributed by atoms with Gasteiger partial charge in [0.25, 0.3) is 0 Å². The third kappa shape index (κ3) is 8.33. The molecule has 1 aromatic heterocycles. The molecule has 1 aliphatic heterocycles. The van der Waals surface area contributed by atoms with E-state index in [-0.39, 0.29) is 0 Å². The van der Waals surface area contributed by atoms with Crippen molar-refractivity contribution < 1.29 is 0 Å². The number of aromatic nitrogens is 1. The van der Waals surface area contributed by atoms with Crippen molar-refractivity contribution in [2.45, 2.75) is 74.1 Å². The van der Waals surface area contributed by atoms with Crippen molar-refractivity contribution in [3.8, 4) is 0 Å². The van der Waals surface area contributed by atoms with E-state index in [4.69, 9.17) is 16.6 Å². The summed E-state index contributed by atoms with van der Waals surface area (Å²) in [6.45, 7) is 28.2. The van der Waals surface area contributed by atoms with Crippen LogP contribution in [-0.4, -0.2) is 23.0 Å². The van der Waals surface area contributed by atoms with Crippen LogP contribution >= 0.6 is 11.6 Å². The van der Waals surface area contributed by atoms with Gasteiger partial charge in [0.2, 0.25) is 0 Å². The normalized spacial score (nSPS) is 14.2. The Bertz CT molecular complexity index is 1110. The summed E-state index contributed by atoms with van der Waals surface area (Å²) in [6, 6.07) is 10.6. The fraction of sp³-hybridized carbons (Fsp3) is 0.382. The molecule has 2 aliphatic rings. The summed E-state index contributed by atoms with van der Waals surface area (Å²) in [7, 11) is 0. The summed E-state index contributed by atoms with van der Waals surface area (Å²) in [5.74, 6) is 0. The van der Waals surface area contributed by atoms with E-state index in [9.17, 15) is 0 Å². The molecule has 0 unspecified atom stereocenters. The fourth-order valence-electron chi connectivity index (χ4n) is 4.64. The summed E-state index contributed by atoms with van der Waals surface area (Å²) in [5, 5.41) is 0.800. The molecule has 0 saturated carbocycles. The predicted octanol–water partition coefficient (Wildman–Crippen LogP) is 10.0. The molecule has 1 fully saturated rings. The van der Waals surface area contributed by atoms with Crippen LogP contribution in [0.2, 0.25) is 5.02 Å². The molecule has 0 radical (unpaired) electrons. The number of fused-ring (bicyclic) bond motifs is 2. The van der Waals surface area contributed by atoms with E-state index in [1.165, 1.54) is 27.8 Å². The molecule has 2 aromatic rings. The van der Waals surface area contributed by atoms with Crippen molar-refractivity contribution in [3.63, 3.8) is 0 Å². The molecule has 4 rings (SSSR count). The zero-order valence-corrected chi connectivity index (χ0v) is 25.0. The minimum atomic E-state index is 0.800. The van der Waals surface area contributed by atoms with Gasteiger partial charge < -0.3 is 4.90 Å². The molecule has 1 aromatic carbocycles. The summed E-state index contributed by atoms with van der Waals surface area (Å²) >= 11 is 6.34. The third-order valence-corrected chi connectivity index (χ3v) is 6.42. The Hall–Kier alpha value is -2.84. The minimum absolute atomic E-state index is 0.800. The van der Waals surface area contributed by atoms with Gasteiger partial charge in [-0.1, -0.05) is 108 Å². The Balaban J connectivity index is 0.00000106. The largest absolute Gasteiger partial charge is 0.371 e. The van der Waals surface area contributed by atoms with Crippen molar-refractivity contribution in [3.05, 3.63) is 118 Å². The molecule has 37 heavy (non-hydrogen) atoms. The minimum Gasteiger partial charge on any atom is -0.371 e. The molecule has 2 nitrogen and oxygen atoms in total. The monoisotopic (exact) mass is 518 g/mol. The predicted molar refractivity (Wildman–Crippen MR) is 166 cm³/mol. The van der Waals surface area contributed by atoms with Gasteiger partial charge in [0, 0.05) is 35.6 Å². The Morgan fingerprint density at radius 3 is 2.14 bits per heavy atom. The average Bonchev–Trinajstić information content (AvgIpc) is 3.11. The van der Waals surface area contributed by atoms with Gasteiger partial charge in [0.05, 0.1) is 5.69 Å². The number of rotatable bonds is 4. The van der Waals surface area contributed by atoms with Crippen LogP contribution < -0.4 is 0 Å². The number of allylic oxidation sites excluding steroid dienone is 3. The molecule has 1 aliphatic carbocycles. The van der Waals surface area contributed by atoms with Crippen LogP contribution in [0.5, 0.6) is 0 Å². The SMILES string of the molecule is C=C/C(=C\C(=C)C)C(=C)N1CCC(=C2c3ccc(Cl)cc3CCc3cccnc32)CC1.CC.CC.CC. The maximum atomic E-state index is 6.34. The van der Waals surface area contributed by atoms with E-state index in [0.717, 1.165) is 66.3 Å². The van der Waals surface area contributed by atoms with Crippen molar-refractivity contribution in [2.24, 2.45) is 0 Å². The van der Waals surface area contributed by atoms with Crippen LogP contribution in [0.1, 0.15) is 83.7 Å². The second-order valence-corrected chi connectivity index (χ2v) is 8.81. The van der Waals surface area contributed by atoms with Gasteiger partial charge in [-0.2, -0.15) is 0 Å². The highest BCUT2D eigenvalue weighted by Crippen LogP contribution is 2.39. The van der Waals surface area contributed by atoms with E-state index in [1.807, 2.05) is 72.9 Å². The van der Waals surface area contributed by atoms with Crippen LogP contribution in [0, 0.1) is 0 Å². The van der Waals surface area contributed by atoms with Crippen LogP contribution in [0.25, 0.3) is 5.57 Å². The third-order valence-electron chi connectivity index (χ3n) is 6.19. The molecular formula is C34H47ClN2. The Kier molecular flexibility index (Phi) is 14.6. The number of piperidine rings is 1. The first-order valence-corrected chi connectivity index (χ1v) is 14.2. The van der Waals surface area contributed by atoms with E-state index < -0.39 is 0 Å². The van der Waals surface area contributed by atoms with E-state index in [2.05, 4.69) is 48.9 Å². The topological polar surface area (TPSA) is 16.1 Å². The van der Waals surface area contributed by atoms with Gasteiger partial charge in [0.15, 0.2) is 0 Å². The first-order chi connectivity index (χ1) is 18.0. The Labute approximate surface area is 232 Å². The van der Waals surface area contributed by atoms with Crippen molar-refractivity contribution in [1.82, 2.24) is 9.88 Å². The molecule has 0 atom stereocenters. The lowest BCUT2D eigenvalue weighted by molar-refractivity contribution is 0.330. The number of benzene rings is 1. The first-order valence-electron chi connectivity index (χ1n) is 13.9. The van der Waals surface area contributed by atoms with Gasteiger partial charge in [-0.25, -0.2) is 0 Å². The highest BCUT2D eigenvalue weighted by atomic mass is 35.5. The van der Waals surface area contributed by atoms with E-state index in [0.29, 0.717) is 0 Å². The lowest BCUT2D eigenvalue weighted by Gasteiger charge is -2.33. The van der Waals surface area contributed by atoms with Crippen LogP contribution in [0.15, 0.2) is 90.8 Å². The van der Waals surface area contributed by atoms with Crippen molar-refractivity contribution >= 4 is 17.2 Å². The quantitative estimate of drug-likeness (QED) is 0.374. The molecule has 3 heteroatoms. The molecule has 200 valence electrons. The first kappa shape index (κ1) is 32.2. The highest BCUT2D eigenvalue weighted by Gasteiger charge is 2.25. The van der Waals surface area contributed by atoms with E-state index >= 15 is 0 Å². The maximum Gasteiger partial charge on any atom is 0.0739 e. The molecule has 0 N–H and O–H groups in total. The summed E-state index contributed by atoms with van der Waals surface area (Å²) in [4.78, 5) is 7.19. The second-order valence-electron chi connectivity index (χ2n) is 8.38. The number of nitrogens with zero attached hydrogens (tertiary/aromatic N) is 2. The number of pyridine rings is 1. The van der Waals surface area contributed by atoms with Gasteiger partial charge in [-0.15, -0.1) is 0 Å². The number of aryl methyl sites for hydroxylation is 2. The van der Waals surface area contributed by atoms with Crippen molar-refractivity contribution in [2.75, 3.05) is 13.1 Å². The summed E-state index contributed by atoms with van der Waals surface area (Å²) < 4.78 is 0. The second kappa shape index (κ2) is 16.8. The zero-order valence-electron chi connectivity index (χ0n) is 24.3. The molecule has 0 amide bonds. The van der Waals surface area contributed by atoms with Crippen LogP contribution in [0.3, 0.4) is 0 Å². The molecule has 0 spiro atoms. The smallest absolute Gasteiger partial charge is 0.0739 e. The molecular weight excluding hydrogens is 472 g/mol. The van der Waals surface area contributed by atoms with E-state index in [1.54, 1.807) is 0 Å². The number of likely N-dealkylation sites (tertiary alicyclic amines) is 1. The summed E-state index contributed by atoms with van der Waals surface area (Å²) in [6.07, 6.45) is 9.79. The lowest BCUT2D eigenvalue weighted by Crippen LogP contribution is -2.30. The molecule has 0 bridgehead atoms. The maximum absolute atomic E-state index is 6.34. The molecule has 1 saturated heterocycles. The Morgan fingerprint density at radius 2 is 1.54 bits per heavy atom. The lowest BCUT2D eigenvalue weighted by atomic mass is 9.88. The number of hydrogen-bond acceptors (Lipinski definition) is 2. The standard InChI is InChI=1S/C28H29ClN2.3C2H6/c1-5-21(17-19(2)3)20(4)31-15-12-22(13-16-31)27-26-11-10-25(29)18-24(26)9-8-23-7-6-14-30-28(23)27;3*1-2/h5-7,10-11,14,17-18H,1-2,4,8-9,12-13,15-16H2,3H3;3*1-2H3/b21-17+;;;. The van der Waals surface area contributed by atoms with Gasteiger partial charge in [-0.05, 0) is 73.1 Å². The molecule has 2 heterocycles. The fourth-order valence-corrected chi connectivity index (χ4v) is 4.83. The zero-order chi connectivity index (χ0) is 28.0. The summed E-state index contributed by atoms with van der Waals surface area (Å²) in [5.41, 5.74) is 10.9. The number of halogens is 1.